The molecule has 0 unspecified atom stereocenters. The number of hydrogen-bond donors (Lipinski definition) is 0. The fraction of sp³-hybridized carbons (Fsp3) is 0.846. The molecule has 0 aromatic heterocycles. The van der Waals surface area contributed by atoms with Crippen LogP contribution in [0.3, 0.4) is 0 Å². The van der Waals surface area contributed by atoms with Gasteiger partial charge in [-0.25, -0.2) is 0 Å². The van der Waals surface area contributed by atoms with Gasteiger partial charge in [-0.2, -0.15) is 0 Å². The number of rotatable bonds is 3. The Bertz CT molecular complexity index is 150. The molecule has 0 spiro atoms. The summed E-state index contributed by atoms with van der Waals surface area (Å²) in [6.45, 7) is 13.6. The largest absolute Gasteiger partial charge is 0.0880 e. The lowest BCUT2D eigenvalue weighted by atomic mass is 9.89. The van der Waals surface area contributed by atoms with E-state index in [-0.39, 0.29) is 0 Å². The van der Waals surface area contributed by atoms with E-state index in [0.29, 0.717) is 10.8 Å². The molecule has 0 fully saturated rings. The van der Waals surface area contributed by atoms with Gasteiger partial charge in [0.1, 0.15) is 0 Å². The van der Waals surface area contributed by atoms with E-state index in [2.05, 4.69) is 53.7 Å². The highest BCUT2D eigenvalue weighted by molar-refractivity contribution is 4.91. The quantitative estimate of drug-likeness (QED) is 0.434. The predicted molar refractivity (Wildman–Crippen MR) is 61.9 cm³/mol. The Morgan fingerprint density at radius 3 is 1.85 bits per heavy atom. The molecule has 0 atom stereocenters. The van der Waals surface area contributed by atoms with Gasteiger partial charge in [-0.15, -0.1) is 0 Å². The summed E-state index contributed by atoms with van der Waals surface area (Å²) in [5, 5.41) is 0. The molecule has 0 N–H and O–H groups in total. The first-order valence-electron chi connectivity index (χ1n) is 5.38. The second kappa shape index (κ2) is 4.83. The first-order chi connectivity index (χ1) is 5.71. The summed E-state index contributed by atoms with van der Waals surface area (Å²) in [5.74, 6) is 0. The van der Waals surface area contributed by atoms with E-state index in [4.69, 9.17) is 0 Å². The maximum Gasteiger partial charge on any atom is -0.0203 e. The van der Waals surface area contributed by atoms with Crippen molar-refractivity contribution >= 4 is 0 Å². The second-order valence-corrected chi connectivity index (χ2v) is 6.22. The molecule has 78 valence electrons. The molecule has 0 aliphatic rings. The molecule has 0 saturated carbocycles. The van der Waals surface area contributed by atoms with Gasteiger partial charge in [0, 0.05) is 0 Å². The molecule has 0 aliphatic heterocycles. The van der Waals surface area contributed by atoms with Crippen LogP contribution in [0.15, 0.2) is 12.2 Å². The van der Waals surface area contributed by atoms with Crippen molar-refractivity contribution in [3.05, 3.63) is 12.2 Å². The molecule has 13 heavy (non-hydrogen) atoms. The van der Waals surface area contributed by atoms with E-state index in [1.165, 1.54) is 19.3 Å². The highest BCUT2D eigenvalue weighted by Gasteiger charge is 2.08. The van der Waals surface area contributed by atoms with Crippen LogP contribution < -0.4 is 0 Å². The Hall–Kier alpha value is -0.260. The van der Waals surface area contributed by atoms with E-state index >= 15 is 0 Å². The molecule has 0 saturated heterocycles. The highest BCUT2D eigenvalue weighted by atomic mass is 14.1. The van der Waals surface area contributed by atoms with Crippen molar-refractivity contribution in [2.45, 2.75) is 60.8 Å². The molecule has 0 aliphatic carbocycles. The van der Waals surface area contributed by atoms with Crippen molar-refractivity contribution in [1.82, 2.24) is 0 Å². The third-order valence-corrected chi connectivity index (χ3v) is 1.92. The average Bonchev–Trinajstić information content (AvgIpc) is 1.81. The van der Waals surface area contributed by atoms with Gasteiger partial charge >= 0.3 is 0 Å². The van der Waals surface area contributed by atoms with E-state index in [1.54, 1.807) is 0 Å². The van der Waals surface area contributed by atoms with Crippen LogP contribution in [0.5, 0.6) is 0 Å². The van der Waals surface area contributed by atoms with Crippen LogP contribution in [0.25, 0.3) is 0 Å². The summed E-state index contributed by atoms with van der Waals surface area (Å²) in [5.41, 5.74) is 0.845. The minimum Gasteiger partial charge on any atom is -0.0880 e. The van der Waals surface area contributed by atoms with E-state index in [0.717, 1.165) is 0 Å². The molecule has 0 rings (SSSR count). The molecule has 0 heteroatoms. The third kappa shape index (κ3) is 11.7. The molecule has 0 heterocycles. The monoisotopic (exact) mass is 182 g/mol. The zero-order valence-corrected chi connectivity index (χ0v) is 10.3. The van der Waals surface area contributed by atoms with Crippen molar-refractivity contribution in [2.75, 3.05) is 0 Å². The predicted octanol–water partition coefficient (Wildman–Crippen LogP) is 4.81. The summed E-state index contributed by atoms with van der Waals surface area (Å²) in [6.07, 6.45) is 8.51. The smallest absolute Gasteiger partial charge is 0.0203 e. The lowest BCUT2D eigenvalue weighted by Crippen LogP contribution is -2.03. The summed E-state index contributed by atoms with van der Waals surface area (Å²) in [6, 6.07) is 0. The number of allylic oxidation sites excluding steroid dienone is 2. The van der Waals surface area contributed by atoms with Crippen molar-refractivity contribution in [3.63, 3.8) is 0 Å². The van der Waals surface area contributed by atoms with Crippen LogP contribution in [0, 0.1) is 10.8 Å². The van der Waals surface area contributed by atoms with Crippen molar-refractivity contribution in [1.29, 1.82) is 0 Å². The Morgan fingerprint density at radius 1 is 0.923 bits per heavy atom. The molecule has 0 aromatic carbocycles. The summed E-state index contributed by atoms with van der Waals surface area (Å²) >= 11 is 0. The number of unbranched alkanes of at least 4 members (excludes halogenated alkanes) is 1. The van der Waals surface area contributed by atoms with Crippen LogP contribution in [-0.4, -0.2) is 0 Å². The normalized spacial score (nSPS) is 14.0. The zero-order chi connectivity index (χ0) is 10.5. The minimum absolute atomic E-state index is 0.349. The van der Waals surface area contributed by atoms with Crippen LogP contribution in [-0.2, 0) is 0 Å². The third-order valence-electron chi connectivity index (χ3n) is 1.92. The topological polar surface area (TPSA) is 0 Å². The lowest BCUT2D eigenvalue weighted by Gasteiger charge is -2.17. The van der Waals surface area contributed by atoms with E-state index in [9.17, 15) is 0 Å². The van der Waals surface area contributed by atoms with Crippen LogP contribution in [0.1, 0.15) is 60.8 Å². The standard InChI is InChI=1S/C13H26/c1-12(2,3)10-8-7-9-11-13(4,5)6/h8,10H,7,9,11H2,1-6H3/b10-8+. The Labute approximate surface area is 84.4 Å². The van der Waals surface area contributed by atoms with E-state index < -0.39 is 0 Å². The Kier molecular flexibility index (Phi) is 4.74. The summed E-state index contributed by atoms with van der Waals surface area (Å²) < 4.78 is 0. The Balaban J connectivity index is 3.53. The lowest BCUT2D eigenvalue weighted by molar-refractivity contribution is 0.366. The van der Waals surface area contributed by atoms with Crippen molar-refractivity contribution in [2.24, 2.45) is 10.8 Å². The van der Waals surface area contributed by atoms with Gasteiger partial charge < -0.3 is 0 Å². The van der Waals surface area contributed by atoms with Gasteiger partial charge in [-0.05, 0) is 30.1 Å². The van der Waals surface area contributed by atoms with E-state index in [1.807, 2.05) is 0 Å². The molecule has 0 amide bonds. The fourth-order valence-electron chi connectivity index (χ4n) is 1.19. The summed E-state index contributed by atoms with van der Waals surface area (Å²) in [7, 11) is 0. The van der Waals surface area contributed by atoms with Gasteiger partial charge in [-0.3, -0.25) is 0 Å². The van der Waals surface area contributed by atoms with Crippen molar-refractivity contribution in [3.8, 4) is 0 Å². The highest BCUT2D eigenvalue weighted by Crippen LogP contribution is 2.22. The fourth-order valence-corrected chi connectivity index (χ4v) is 1.19. The van der Waals surface area contributed by atoms with Crippen molar-refractivity contribution < 1.29 is 0 Å². The van der Waals surface area contributed by atoms with Crippen LogP contribution in [0.4, 0.5) is 0 Å². The van der Waals surface area contributed by atoms with Crippen LogP contribution in [0.2, 0.25) is 0 Å². The average molecular weight is 182 g/mol. The van der Waals surface area contributed by atoms with Gasteiger partial charge in [-0.1, -0.05) is 53.7 Å². The SMILES string of the molecule is CC(C)(C)/C=C/CCCC(C)(C)C. The minimum atomic E-state index is 0.349. The molecule has 0 nitrogen and oxygen atoms in total. The van der Waals surface area contributed by atoms with Gasteiger partial charge in [0.25, 0.3) is 0 Å². The second-order valence-electron chi connectivity index (χ2n) is 6.22. The van der Waals surface area contributed by atoms with Gasteiger partial charge in [0.15, 0.2) is 0 Å². The summed E-state index contributed by atoms with van der Waals surface area (Å²) in [4.78, 5) is 0. The van der Waals surface area contributed by atoms with Crippen LogP contribution >= 0.6 is 0 Å². The molecular weight excluding hydrogens is 156 g/mol. The molecule has 0 bridgehead atoms. The zero-order valence-electron chi connectivity index (χ0n) is 10.3. The molecule has 0 radical (unpaired) electrons. The Morgan fingerprint density at radius 2 is 1.46 bits per heavy atom. The molecular formula is C13H26. The maximum absolute atomic E-state index is 2.33. The van der Waals surface area contributed by atoms with Gasteiger partial charge in [0.2, 0.25) is 0 Å². The molecule has 0 aromatic rings. The first-order valence-corrected chi connectivity index (χ1v) is 5.38. The number of hydrogen-bond acceptors (Lipinski definition) is 0. The maximum atomic E-state index is 2.33. The first kappa shape index (κ1) is 12.7. The van der Waals surface area contributed by atoms with Gasteiger partial charge in [0.05, 0.1) is 0 Å².